The molecule has 6 heteroatoms. The number of rotatable bonds is 5. The van der Waals surface area contributed by atoms with Gasteiger partial charge in [0.05, 0.1) is 33.9 Å². The monoisotopic (exact) mass is 493 g/mol. The highest BCUT2D eigenvalue weighted by molar-refractivity contribution is 6.37. The van der Waals surface area contributed by atoms with E-state index in [0.717, 1.165) is 10.9 Å². The maximum atomic E-state index is 13.7. The molecule has 0 aliphatic heterocycles. The number of hydrogen-bond donors (Lipinski definition) is 0. The molecule has 0 fully saturated rings. The van der Waals surface area contributed by atoms with E-state index in [1.807, 2.05) is 54.6 Å². The van der Waals surface area contributed by atoms with E-state index in [1.165, 1.54) is 0 Å². The lowest BCUT2D eigenvalue weighted by atomic mass is 10.1. The SMILES string of the molecule is CCOC(=O)c1cc(C(=O)c2ccccc2)n2c1ccc1c(Cl)cc3cc(-c4ccccc4)oc3c12. The molecule has 0 aliphatic carbocycles. The first-order valence-electron chi connectivity index (χ1n) is 11.6. The second-order valence-corrected chi connectivity index (χ2v) is 8.84. The Balaban J connectivity index is 1.73. The molecule has 36 heavy (non-hydrogen) atoms. The molecule has 0 aliphatic rings. The van der Waals surface area contributed by atoms with Gasteiger partial charge in [0.2, 0.25) is 5.78 Å². The molecule has 6 aromatic rings. The summed E-state index contributed by atoms with van der Waals surface area (Å²) in [6.07, 6.45) is 0. The number of ketones is 1. The zero-order valence-corrected chi connectivity index (χ0v) is 20.1. The van der Waals surface area contributed by atoms with Gasteiger partial charge in [-0.05, 0) is 37.3 Å². The average molecular weight is 494 g/mol. The van der Waals surface area contributed by atoms with E-state index < -0.39 is 5.97 Å². The Morgan fingerprint density at radius 1 is 0.917 bits per heavy atom. The Morgan fingerprint density at radius 3 is 2.36 bits per heavy atom. The maximum absolute atomic E-state index is 13.7. The molecule has 0 unspecified atom stereocenters. The summed E-state index contributed by atoms with van der Waals surface area (Å²) < 4.78 is 13.5. The third kappa shape index (κ3) is 3.48. The van der Waals surface area contributed by atoms with Crippen LogP contribution in [0.25, 0.3) is 38.7 Å². The lowest BCUT2D eigenvalue weighted by Crippen LogP contribution is -2.06. The molecule has 0 amide bonds. The number of benzene rings is 3. The Labute approximate surface area is 211 Å². The zero-order valence-electron chi connectivity index (χ0n) is 19.3. The van der Waals surface area contributed by atoms with Crippen LogP contribution in [0.2, 0.25) is 5.02 Å². The molecule has 0 atom stereocenters. The van der Waals surface area contributed by atoms with Crippen LogP contribution >= 0.6 is 11.6 Å². The third-order valence-electron chi connectivity index (χ3n) is 6.26. The van der Waals surface area contributed by atoms with Crippen molar-refractivity contribution >= 4 is 50.7 Å². The average Bonchev–Trinajstić information content (AvgIpc) is 3.51. The van der Waals surface area contributed by atoms with Crippen molar-refractivity contribution in [3.8, 4) is 11.3 Å². The Kier molecular flexibility index (Phi) is 5.35. The lowest BCUT2D eigenvalue weighted by molar-refractivity contribution is 0.0529. The summed E-state index contributed by atoms with van der Waals surface area (Å²) in [6.45, 7) is 1.97. The number of aromatic nitrogens is 1. The zero-order chi connectivity index (χ0) is 24.8. The van der Waals surface area contributed by atoms with Crippen molar-refractivity contribution in [2.24, 2.45) is 0 Å². The van der Waals surface area contributed by atoms with E-state index in [9.17, 15) is 9.59 Å². The molecule has 0 saturated heterocycles. The number of ether oxygens (including phenoxy) is 1. The van der Waals surface area contributed by atoms with Crippen molar-refractivity contribution in [3.05, 3.63) is 113 Å². The van der Waals surface area contributed by atoms with Crippen molar-refractivity contribution in [1.82, 2.24) is 4.40 Å². The van der Waals surface area contributed by atoms with E-state index in [0.29, 0.717) is 49.6 Å². The maximum Gasteiger partial charge on any atom is 0.340 e. The van der Waals surface area contributed by atoms with Crippen LogP contribution in [0.15, 0.2) is 95.4 Å². The van der Waals surface area contributed by atoms with E-state index in [-0.39, 0.29) is 12.4 Å². The van der Waals surface area contributed by atoms with Crippen LogP contribution in [0.5, 0.6) is 0 Å². The fourth-order valence-electron chi connectivity index (χ4n) is 4.64. The summed E-state index contributed by atoms with van der Waals surface area (Å²) in [5.74, 6) is -0.0411. The van der Waals surface area contributed by atoms with Crippen LogP contribution in [0.4, 0.5) is 0 Å². The first-order chi connectivity index (χ1) is 17.6. The quantitative estimate of drug-likeness (QED) is 0.183. The number of nitrogens with zero attached hydrogens (tertiary/aromatic N) is 1. The molecule has 0 spiro atoms. The van der Waals surface area contributed by atoms with Crippen LogP contribution in [0.3, 0.4) is 0 Å². The van der Waals surface area contributed by atoms with Crippen LogP contribution in [0.1, 0.15) is 33.3 Å². The summed E-state index contributed by atoms with van der Waals surface area (Å²) in [6, 6.07) is 27.7. The molecular formula is C30H20ClNO4. The second kappa shape index (κ2) is 8.70. The molecule has 3 heterocycles. The van der Waals surface area contributed by atoms with Gasteiger partial charge >= 0.3 is 5.97 Å². The normalized spacial score (nSPS) is 11.4. The van der Waals surface area contributed by atoms with Crippen LogP contribution in [0, 0.1) is 0 Å². The Hall–Kier alpha value is -4.35. The van der Waals surface area contributed by atoms with Gasteiger partial charge in [0.15, 0.2) is 5.58 Å². The van der Waals surface area contributed by atoms with Gasteiger partial charge in [0.1, 0.15) is 5.76 Å². The van der Waals surface area contributed by atoms with Crippen molar-refractivity contribution in [2.75, 3.05) is 6.61 Å². The fraction of sp³-hybridized carbons (Fsp3) is 0.0667. The molecule has 0 N–H and O–H groups in total. The van der Waals surface area contributed by atoms with Gasteiger partial charge in [0, 0.05) is 21.9 Å². The predicted octanol–water partition coefficient (Wildman–Crippen LogP) is 7.57. The minimum Gasteiger partial charge on any atom is -0.462 e. The van der Waals surface area contributed by atoms with Gasteiger partial charge in [-0.1, -0.05) is 72.3 Å². The fourth-order valence-corrected chi connectivity index (χ4v) is 4.91. The van der Waals surface area contributed by atoms with Gasteiger partial charge < -0.3 is 13.6 Å². The number of esters is 1. The Bertz CT molecular complexity index is 1780. The van der Waals surface area contributed by atoms with Gasteiger partial charge in [0.25, 0.3) is 0 Å². The van der Waals surface area contributed by atoms with Gasteiger partial charge in [-0.25, -0.2) is 4.79 Å². The number of furan rings is 1. The second-order valence-electron chi connectivity index (χ2n) is 8.43. The number of fused-ring (bicyclic) bond motifs is 5. The highest BCUT2D eigenvalue weighted by Crippen LogP contribution is 2.38. The molecule has 6 rings (SSSR count). The highest BCUT2D eigenvalue weighted by Gasteiger charge is 2.25. The largest absolute Gasteiger partial charge is 0.462 e. The smallest absolute Gasteiger partial charge is 0.340 e. The van der Waals surface area contributed by atoms with Gasteiger partial charge in [-0.15, -0.1) is 0 Å². The van der Waals surface area contributed by atoms with Crippen LogP contribution in [-0.4, -0.2) is 22.8 Å². The van der Waals surface area contributed by atoms with E-state index in [1.54, 1.807) is 47.7 Å². The van der Waals surface area contributed by atoms with Gasteiger partial charge in [-0.2, -0.15) is 0 Å². The first kappa shape index (κ1) is 22.1. The van der Waals surface area contributed by atoms with Crippen molar-refractivity contribution in [2.45, 2.75) is 6.92 Å². The van der Waals surface area contributed by atoms with Crippen molar-refractivity contribution in [3.63, 3.8) is 0 Å². The summed E-state index contributed by atoms with van der Waals surface area (Å²) in [5, 5.41) is 2.02. The molecule has 0 bridgehead atoms. The first-order valence-corrected chi connectivity index (χ1v) is 12.0. The summed E-state index contributed by atoms with van der Waals surface area (Å²) in [5.41, 5.74) is 3.80. The number of pyridine rings is 1. The Morgan fingerprint density at radius 2 is 1.64 bits per heavy atom. The summed E-state index contributed by atoms with van der Waals surface area (Å²) >= 11 is 6.73. The van der Waals surface area contributed by atoms with Gasteiger partial charge in [-0.3, -0.25) is 4.79 Å². The van der Waals surface area contributed by atoms with Crippen LogP contribution in [-0.2, 0) is 4.74 Å². The van der Waals surface area contributed by atoms with Crippen molar-refractivity contribution in [1.29, 1.82) is 0 Å². The summed E-state index contributed by atoms with van der Waals surface area (Å²) in [7, 11) is 0. The standard InChI is InChI=1S/C30H20ClNO4/c1-2-35-30(34)22-17-25(28(33)19-11-7-4-8-12-19)32-24(22)14-13-21-23(31)15-20-16-26(36-29(20)27(21)32)18-9-5-3-6-10-18/h3-17H,2H2,1H3. The van der Waals surface area contributed by atoms with E-state index >= 15 is 0 Å². The molecule has 176 valence electrons. The molecule has 3 aromatic carbocycles. The molecule has 0 saturated carbocycles. The van der Waals surface area contributed by atoms with E-state index in [4.69, 9.17) is 20.8 Å². The van der Waals surface area contributed by atoms with Crippen molar-refractivity contribution < 1.29 is 18.7 Å². The predicted molar refractivity (Wildman–Crippen MR) is 141 cm³/mol. The number of carbonyl (C=O) groups is 2. The third-order valence-corrected chi connectivity index (χ3v) is 6.58. The summed E-state index contributed by atoms with van der Waals surface area (Å²) in [4.78, 5) is 26.6. The van der Waals surface area contributed by atoms with E-state index in [2.05, 4.69) is 0 Å². The lowest BCUT2D eigenvalue weighted by Gasteiger charge is -2.10. The number of carbonyl (C=O) groups excluding carboxylic acids is 2. The highest BCUT2D eigenvalue weighted by atomic mass is 35.5. The minimum absolute atomic E-state index is 0.223. The topological polar surface area (TPSA) is 60.9 Å². The molecule has 5 nitrogen and oxygen atoms in total. The van der Waals surface area contributed by atoms with Crippen LogP contribution < -0.4 is 0 Å². The molecular weight excluding hydrogens is 474 g/mol. The number of halogens is 1. The number of hydrogen-bond acceptors (Lipinski definition) is 4. The minimum atomic E-state index is -0.496. The molecule has 3 aromatic heterocycles. The molecule has 0 radical (unpaired) electrons.